The zero-order valence-corrected chi connectivity index (χ0v) is 21.0. The number of nitrogens with zero attached hydrogens (tertiary/aromatic N) is 2. The molecule has 0 aliphatic carbocycles. The zero-order valence-electron chi connectivity index (χ0n) is 20.2. The molecule has 1 aliphatic heterocycles. The first-order valence-electron chi connectivity index (χ1n) is 12.5. The van der Waals surface area contributed by atoms with Crippen LogP contribution in [-0.4, -0.2) is 56.8 Å². The lowest BCUT2D eigenvalue weighted by Crippen LogP contribution is -2.46. The average molecular weight is 466 g/mol. The second-order valence-electron chi connectivity index (χ2n) is 9.07. The van der Waals surface area contributed by atoms with Crippen molar-refractivity contribution < 1.29 is 13.2 Å². The van der Waals surface area contributed by atoms with Crippen LogP contribution in [-0.2, 0) is 14.8 Å². The van der Waals surface area contributed by atoms with Gasteiger partial charge in [-0.25, -0.2) is 8.42 Å². The van der Waals surface area contributed by atoms with Crippen molar-refractivity contribution in [1.29, 1.82) is 0 Å². The summed E-state index contributed by atoms with van der Waals surface area (Å²) in [6.45, 7) is 4.75. The number of sulfonamides is 1. The van der Waals surface area contributed by atoms with Crippen molar-refractivity contribution in [3.05, 3.63) is 24.3 Å². The largest absolute Gasteiger partial charge is 0.326 e. The molecule has 1 N–H and O–H groups in total. The molecule has 1 amide bonds. The Morgan fingerprint density at radius 2 is 1.31 bits per heavy atom. The number of carbonyl (C=O) groups is 1. The van der Waals surface area contributed by atoms with Crippen molar-refractivity contribution in [3.63, 3.8) is 0 Å². The summed E-state index contributed by atoms with van der Waals surface area (Å²) >= 11 is 0. The van der Waals surface area contributed by atoms with Crippen molar-refractivity contribution in [2.45, 2.75) is 88.9 Å². The fraction of sp³-hybridized carbons (Fsp3) is 0.720. The summed E-state index contributed by atoms with van der Waals surface area (Å²) in [6.07, 6.45) is 14.4. The molecule has 7 heteroatoms. The maximum absolute atomic E-state index is 12.8. The summed E-state index contributed by atoms with van der Waals surface area (Å²) in [5.41, 5.74) is 0.649. The van der Waals surface area contributed by atoms with E-state index in [4.69, 9.17) is 0 Å². The van der Waals surface area contributed by atoms with Crippen LogP contribution in [0.15, 0.2) is 29.2 Å². The SMILES string of the molecule is CCCCCCCCCCCCCC(=O)Nc1ccc(S(=O)(=O)N2CCN(C)CC2)cc1. The van der Waals surface area contributed by atoms with Gasteiger partial charge in [0.2, 0.25) is 15.9 Å². The molecule has 1 aliphatic rings. The predicted octanol–water partition coefficient (Wildman–Crippen LogP) is 5.26. The Balaban J connectivity index is 1.60. The fourth-order valence-corrected chi connectivity index (χ4v) is 5.48. The first-order chi connectivity index (χ1) is 15.4. The highest BCUT2D eigenvalue weighted by Gasteiger charge is 2.27. The maximum atomic E-state index is 12.8. The van der Waals surface area contributed by atoms with Crippen LogP contribution in [0.2, 0.25) is 0 Å². The van der Waals surface area contributed by atoms with Gasteiger partial charge in [-0.1, -0.05) is 71.1 Å². The predicted molar refractivity (Wildman–Crippen MR) is 132 cm³/mol. The van der Waals surface area contributed by atoms with E-state index in [-0.39, 0.29) is 10.8 Å². The van der Waals surface area contributed by atoms with Gasteiger partial charge < -0.3 is 10.2 Å². The van der Waals surface area contributed by atoms with Gasteiger partial charge in [0.1, 0.15) is 0 Å². The minimum atomic E-state index is -3.47. The molecule has 1 heterocycles. The van der Waals surface area contributed by atoms with Crippen molar-refractivity contribution in [2.24, 2.45) is 0 Å². The van der Waals surface area contributed by atoms with Gasteiger partial charge in [0.05, 0.1) is 4.90 Å². The van der Waals surface area contributed by atoms with Crippen molar-refractivity contribution in [2.75, 3.05) is 38.5 Å². The maximum Gasteiger partial charge on any atom is 0.243 e. The van der Waals surface area contributed by atoms with Gasteiger partial charge in [-0.2, -0.15) is 4.31 Å². The molecule has 32 heavy (non-hydrogen) atoms. The van der Waals surface area contributed by atoms with Crippen LogP contribution in [0.1, 0.15) is 84.0 Å². The summed E-state index contributed by atoms with van der Waals surface area (Å²) < 4.78 is 27.1. The van der Waals surface area contributed by atoms with Crippen molar-refractivity contribution >= 4 is 21.6 Å². The second kappa shape index (κ2) is 14.7. The summed E-state index contributed by atoms with van der Waals surface area (Å²) in [5.74, 6) is -0.00408. The van der Waals surface area contributed by atoms with Gasteiger partial charge in [0, 0.05) is 38.3 Å². The van der Waals surface area contributed by atoms with Crippen LogP contribution >= 0.6 is 0 Å². The monoisotopic (exact) mass is 465 g/mol. The van der Waals surface area contributed by atoms with Crippen molar-refractivity contribution in [1.82, 2.24) is 9.21 Å². The number of piperazine rings is 1. The van der Waals surface area contributed by atoms with Crippen LogP contribution in [0.4, 0.5) is 5.69 Å². The molecule has 0 atom stereocenters. The Labute approximate surface area is 195 Å². The molecule has 0 spiro atoms. The van der Waals surface area contributed by atoms with E-state index in [2.05, 4.69) is 17.1 Å². The molecule has 0 unspecified atom stereocenters. The van der Waals surface area contributed by atoms with Gasteiger partial charge in [-0.3, -0.25) is 4.79 Å². The number of amides is 1. The molecule has 1 aromatic rings. The van der Waals surface area contributed by atoms with E-state index in [0.717, 1.165) is 25.9 Å². The van der Waals surface area contributed by atoms with E-state index in [1.807, 2.05) is 7.05 Å². The third-order valence-corrected chi connectivity index (χ3v) is 8.16. The first-order valence-corrected chi connectivity index (χ1v) is 14.0. The van der Waals surface area contributed by atoms with E-state index in [1.54, 1.807) is 24.3 Å². The summed E-state index contributed by atoms with van der Waals surface area (Å²) in [4.78, 5) is 14.6. The van der Waals surface area contributed by atoms with Crippen LogP contribution < -0.4 is 5.32 Å². The molecule has 1 fully saturated rings. The lowest BCUT2D eigenvalue weighted by molar-refractivity contribution is -0.116. The van der Waals surface area contributed by atoms with E-state index in [1.165, 1.54) is 62.1 Å². The highest BCUT2D eigenvalue weighted by molar-refractivity contribution is 7.89. The lowest BCUT2D eigenvalue weighted by Gasteiger charge is -2.31. The normalized spacial score (nSPS) is 15.7. The molecule has 0 saturated carbocycles. The molecule has 1 saturated heterocycles. The topological polar surface area (TPSA) is 69.7 Å². The van der Waals surface area contributed by atoms with Gasteiger partial charge in [-0.15, -0.1) is 0 Å². The van der Waals surface area contributed by atoms with Gasteiger partial charge in [0.15, 0.2) is 0 Å². The van der Waals surface area contributed by atoms with E-state index < -0.39 is 10.0 Å². The number of carbonyl (C=O) groups excluding carboxylic acids is 1. The zero-order chi connectivity index (χ0) is 23.2. The molecular weight excluding hydrogens is 422 g/mol. The lowest BCUT2D eigenvalue weighted by atomic mass is 10.1. The molecule has 0 aromatic heterocycles. The molecule has 0 bridgehead atoms. The second-order valence-corrected chi connectivity index (χ2v) is 11.0. The molecular formula is C25H43N3O3S. The van der Waals surface area contributed by atoms with Crippen molar-refractivity contribution in [3.8, 4) is 0 Å². The Hall–Kier alpha value is -1.44. The number of likely N-dealkylation sites (N-methyl/N-ethyl adjacent to an activating group) is 1. The first kappa shape index (κ1) is 26.8. The minimum absolute atomic E-state index is 0.00408. The van der Waals surface area contributed by atoms with Gasteiger partial charge in [-0.05, 0) is 37.7 Å². The highest BCUT2D eigenvalue weighted by atomic mass is 32.2. The fourth-order valence-electron chi connectivity index (χ4n) is 4.06. The van der Waals surface area contributed by atoms with Crippen LogP contribution in [0.3, 0.4) is 0 Å². The number of unbranched alkanes of at least 4 members (excludes halogenated alkanes) is 10. The van der Waals surface area contributed by atoms with Gasteiger partial charge >= 0.3 is 0 Å². The smallest absolute Gasteiger partial charge is 0.243 e. The summed E-state index contributed by atoms with van der Waals surface area (Å²) in [5, 5.41) is 2.89. The molecule has 6 nitrogen and oxygen atoms in total. The third-order valence-electron chi connectivity index (χ3n) is 6.25. The molecule has 1 aromatic carbocycles. The Morgan fingerprint density at radius 3 is 1.84 bits per heavy atom. The van der Waals surface area contributed by atoms with Gasteiger partial charge in [0.25, 0.3) is 0 Å². The molecule has 0 radical (unpaired) electrons. The number of benzene rings is 1. The van der Waals surface area contributed by atoms with E-state index >= 15 is 0 Å². The number of rotatable bonds is 15. The minimum Gasteiger partial charge on any atom is -0.326 e. The van der Waals surface area contributed by atoms with Crippen LogP contribution in [0.5, 0.6) is 0 Å². The van der Waals surface area contributed by atoms with E-state index in [0.29, 0.717) is 25.2 Å². The Bertz CT molecular complexity index is 757. The third kappa shape index (κ3) is 9.59. The standard InChI is InChI=1S/C25H43N3O3S/c1-3-4-5-6-7-8-9-10-11-12-13-14-25(29)26-23-15-17-24(18-16-23)32(30,31)28-21-19-27(2)20-22-28/h15-18H,3-14,19-22H2,1-2H3,(H,26,29). The number of hydrogen-bond acceptors (Lipinski definition) is 4. The molecule has 182 valence electrons. The van der Waals surface area contributed by atoms with E-state index in [9.17, 15) is 13.2 Å². The number of anilines is 1. The average Bonchev–Trinajstić information content (AvgIpc) is 2.78. The van der Waals surface area contributed by atoms with Crippen LogP contribution in [0, 0.1) is 0 Å². The Kier molecular flexibility index (Phi) is 12.3. The Morgan fingerprint density at radius 1 is 0.812 bits per heavy atom. The highest BCUT2D eigenvalue weighted by Crippen LogP contribution is 2.20. The number of nitrogens with one attached hydrogen (secondary N) is 1. The number of hydrogen-bond donors (Lipinski definition) is 1. The van der Waals surface area contributed by atoms with Crippen LogP contribution in [0.25, 0.3) is 0 Å². The quantitative estimate of drug-likeness (QED) is 0.359. The summed E-state index contributed by atoms with van der Waals surface area (Å²) in [7, 11) is -1.47. The summed E-state index contributed by atoms with van der Waals surface area (Å²) in [6, 6.07) is 6.54. The molecule has 2 rings (SSSR count).